The highest BCUT2D eigenvalue weighted by Crippen LogP contribution is 2.22. The Hall–Kier alpha value is -2.00. The molecule has 3 rings (SSSR count). The number of aryl methyl sites for hydroxylation is 3. The van der Waals surface area contributed by atoms with Gasteiger partial charge in [0.05, 0.1) is 12.9 Å². The lowest BCUT2D eigenvalue weighted by molar-refractivity contribution is 0.118. The van der Waals surface area contributed by atoms with Gasteiger partial charge in [-0.2, -0.15) is 4.31 Å². The van der Waals surface area contributed by atoms with Crippen LogP contribution in [0.4, 0.5) is 0 Å². The lowest BCUT2D eigenvalue weighted by atomic mass is 10.1. The summed E-state index contributed by atoms with van der Waals surface area (Å²) in [5.41, 5.74) is 1.65. The van der Waals surface area contributed by atoms with Gasteiger partial charge in [-0.05, 0) is 32.8 Å². The number of imidazole rings is 1. The van der Waals surface area contributed by atoms with Crippen LogP contribution in [0.5, 0.6) is 6.01 Å². The highest BCUT2D eigenvalue weighted by molar-refractivity contribution is 7.89. The Labute approximate surface area is 141 Å². The zero-order valence-electron chi connectivity index (χ0n) is 14.0. The van der Waals surface area contributed by atoms with Crippen LogP contribution in [0.1, 0.15) is 24.2 Å². The van der Waals surface area contributed by atoms with E-state index >= 15 is 0 Å². The number of hydrogen-bond acceptors (Lipinski definition) is 6. The summed E-state index contributed by atoms with van der Waals surface area (Å²) in [6.07, 6.45) is 4.21. The van der Waals surface area contributed by atoms with Crippen LogP contribution in [0.25, 0.3) is 0 Å². The fourth-order valence-corrected chi connectivity index (χ4v) is 4.25. The van der Waals surface area contributed by atoms with Gasteiger partial charge in [0.25, 0.3) is 10.0 Å². The fraction of sp³-hybridized carbons (Fsp3) is 0.533. The lowest BCUT2D eigenvalue weighted by Crippen LogP contribution is -2.44. The van der Waals surface area contributed by atoms with E-state index in [1.807, 2.05) is 19.9 Å². The van der Waals surface area contributed by atoms with Crippen molar-refractivity contribution in [3.63, 3.8) is 0 Å². The van der Waals surface area contributed by atoms with E-state index in [0.29, 0.717) is 12.6 Å². The molecule has 1 unspecified atom stereocenters. The third-order valence-electron chi connectivity index (χ3n) is 3.86. The molecule has 1 saturated heterocycles. The summed E-state index contributed by atoms with van der Waals surface area (Å²) < 4.78 is 34.2. The second-order valence-corrected chi connectivity index (χ2v) is 7.94. The molecule has 0 amide bonds. The highest BCUT2D eigenvalue weighted by Gasteiger charge is 2.32. The first-order valence-corrected chi connectivity index (χ1v) is 9.25. The van der Waals surface area contributed by atoms with Crippen LogP contribution >= 0.6 is 0 Å². The molecule has 0 saturated carbocycles. The molecule has 0 aromatic carbocycles. The standard InChI is InChI=1S/C15H21N5O3S/c1-11-7-12(2)18-15(17-11)23-13-5-4-6-20(8-13)24(21,22)14-9-19(3)10-16-14/h7,9-10,13H,4-6,8H2,1-3H3. The average molecular weight is 351 g/mol. The molecule has 1 aliphatic rings. The Morgan fingerprint density at radius 1 is 1.25 bits per heavy atom. The number of hydrogen-bond donors (Lipinski definition) is 0. The van der Waals surface area contributed by atoms with Crippen molar-refractivity contribution < 1.29 is 13.2 Å². The number of nitrogens with zero attached hydrogens (tertiary/aromatic N) is 5. The predicted molar refractivity (Wildman–Crippen MR) is 87.1 cm³/mol. The lowest BCUT2D eigenvalue weighted by Gasteiger charge is -2.31. The van der Waals surface area contributed by atoms with E-state index in [0.717, 1.165) is 24.2 Å². The molecule has 2 aromatic rings. The number of piperidine rings is 1. The van der Waals surface area contributed by atoms with Gasteiger partial charge in [0.15, 0.2) is 5.03 Å². The van der Waals surface area contributed by atoms with Crippen molar-refractivity contribution >= 4 is 10.0 Å². The van der Waals surface area contributed by atoms with E-state index in [2.05, 4.69) is 15.0 Å². The zero-order chi connectivity index (χ0) is 17.3. The van der Waals surface area contributed by atoms with Gasteiger partial charge in [0.2, 0.25) is 0 Å². The van der Waals surface area contributed by atoms with Crippen LogP contribution in [-0.4, -0.2) is 51.4 Å². The molecule has 0 spiro atoms. The maximum atomic E-state index is 12.7. The van der Waals surface area contributed by atoms with Crippen LogP contribution in [0, 0.1) is 13.8 Å². The molecule has 1 aliphatic heterocycles. The second-order valence-electron chi connectivity index (χ2n) is 6.06. The van der Waals surface area contributed by atoms with E-state index in [1.165, 1.54) is 16.8 Å². The van der Waals surface area contributed by atoms with E-state index in [4.69, 9.17) is 4.74 Å². The average Bonchev–Trinajstić information content (AvgIpc) is 2.94. The molecule has 9 heteroatoms. The van der Waals surface area contributed by atoms with Crippen molar-refractivity contribution in [3.05, 3.63) is 30.0 Å². The van der Waals surface area contributed by atoms with Gasteiger partial charge in [-0.3, -0.25) is 0 Å². The van der Waals surface area contributed by atoms with Crippen molar-refractivity contribution in [2.45, 2.75) is 37.8 Å². The Morgan fingerprint density at radius 3 is 2.58 bits per heavy atom. The molecule has 2 aromatic heterocycles. The van der Waals surface area contributed by atoms with Crippen LogP contribution in [-0.2, 0) is 17.1 Å². The highest BCUT2D eigenvalue weighted by atomic mass is 32.2. The van der Waals surface area contributed by atoms with Crippen LogP contribution in [0.3, 0.4) is 0 Å². The smallest absolute Gasteiger partial charge is 0.317 e. The maximum Gasteiger partial charge on any atom is 0.317 e. The summed E-state index contributed by atoms with van der Waals surface area (Å²) in [4.78, 5) is 12.5. The Kier molecular flexibility index (Phi) is 4.55. The minimum absolute atomic E-state index is 0.0632. The number of rotatable bonds is 4. The van der Waals surface area contributed by atoms with Gasteiger partial charge in [-0.25, -0.2) is 23.4 Å². The molecule has 3 heterocycles. The number of aromatic nitrogens is 4. The normalized spacial score (nSPS) is 19.4. The minimum atomic E-state index is -3.60. The molecule has 0 aliphatic carbocycles. The van der Waals surface area contributed by atoms with E-state index in [9.17, 15) is 8.42 Å². The van der Waals surface area contributed by atoms with Gasteiger partial charge < -0.3 is 9.30 Å². The van der Waals surface area contributed by atoms with Crippen molar-refractivity contribution in [2.24, 2.45) is 7.05 Å². The van der Waals surface area contributed by atoms with Crippen molar-refractivity contribution in [3.8, 4) is 6.01 Å². The minimum Gasteiger partial charge on any atom is -0.459 e. The summed E-state index contributed by atoms with van der Waals surface area (Å²) in [7, 11) is -1.86. The SMILES string of the molecule is Cc1cc(C)nc(OC2CCCN(S(=O)(=O)c3cn(C)cn3)C2)n1. The number of ether oxygens (including phenoxy) is 1. The van der Waals surface area contributed by atoms with Crippen molar-refractivity contribution in [1.82, 2.24) is 23.8 Å². The first-order valence-electron chi connectivity index (χ1n) is 7.81. The first kappa shape index (κ1) is 16.8. The van der Waals surface area contributed by atoms with Crippen LogP contribution in [0.2, 0.25) is 0 Å². The van der Waals surface area contributed by atoms with Gasteiger partial charge in [-0.1, -0.05) is 0 Å². The Bertz CT molecular complexity index is 813. The maximum absolute atomic E-state index is 12.7. The third kappa shape index (κ3) is 3.57. The molecule has 0 radical (unpaired) electrons. The summed E-state index contributed by atoms with van der Waals surface area (Å²) in [6, 6.07) is 2.17. The quantitative estimate of drug-likeness (QED) is 0.818. The summed E-state index contributed by atoms with van der Waals surface area (Å²) >= 11 is 0. The van der Waals surface area contributed by atoms with E-state index < -0.39 is 10.0 Å². The van der Waals surface area contributed by atoms with E-state index in [-0.39, 0.29) is 17.7 Å². The fourth-order valence-electron chi connectivity index (χ4n) is 2.77. The molecule has 1 fully saturated rings. The van der Waals surface area contributed by atoms with Gasteiger partial charge in [-0.15, -0.1) is 0 Å². The largest absolute Gasteiger partial charge is 0.459 e. The van der Waals surface area contributed by atoms with Crippen molar-refractivity contribution in [1.29, 1.82) is 0 Å². The van der Waals surface area contributed by atoms with Gasteiger partial charge >= 0.3 is 6.01 Å². The van der Waals surface area contributed by atoms with Crippen molar-refractivity contribution in [2.75, 3.05) is 13.1 Å². The monoisotopic (exact) mass is 351 g/mol. The molecular formula is C15H21N5O3S. The molecule has 1 atom stereocenters. The van der Waals surface area contributed by atoms with E-state index in [1.54, 1.807) is 11.6 Å². The predicted octanol–water partition coefficient (Wildman–Crippen LogP) is 1.06. The Balaban J connectivity index is 1.74. The summed E-state index contributed by atoms with van der Waals surface area (Å²) in [5, 5.41) is 0.0632. The first-order chi connectivity index (χ1) is 11.3. The second kappa shape index (κ2) is 6.48. The Morgan fingerprint density at radius 2 is 1.96 bits per heavy atom. The molecule has 130 valence electrons. The molecule has 0 bridgehead atoms. The molecular weight excluding hydrogens is 330 g/mol. The molecule has 0 N–H and O–H groups in total. The van der Waals surface area contributed by atoms with Crippen LogP contribution in [0.15, 0.2) is 23.6 Å². The molecule has 24 heavy (non-hydrogen) atoms. The van der Waals surface area contributed by atoms with Gasteiger partial charge in [0, 0.05) is 31.2 Å². The van der Waals surface area contributed by atoms with Gasteiger partial charge in [0.1, 0.15) is 6.10 Å². The summed E-state index contributed by atoms with van der Waals surface area (Å²) in [6.45, 7) is 4.49. The molecule has 8 nitrogen and oxygen atoms in total. The number of sulfonamides is 1. The zero-order valence-corrected chi connectivity index (χ0v) is 14.8. The van der Waals surface area contributed by atoms with Crippen LogP contribution < -0.4 is 4.74 Å². The third-order valence-corrected chi connectivity index (χ3v) is 5.61. The summed E-state index contributed by atoms with van der Waals surface area (Å²) in [5.74, 6) is 0. The topological polar surface area (TPSA) is 90.2 Å².